The van der Waals surface area contributed by atoms with E-state index in [2.05, 4.69) is 15.6 Å². The highest BCUT2D eigenvalue weighted by Crippen LogP contribution is 2.21. The maximum Gasteiger partial charge on any atom is 0.230 e. The first-order valence-corrected chi connectivity index (χ1v) is 7.54. The Morgan fingerprint density at radius 2 is 2.30 bits per heavy atom. The van der Waals surface area contributed by atoms with Crippen molar-refractivity contribution in [3.8, 4) is 0 Å². The van der Waals surface area contributed by atoms with E-state index in [-0.39, 0.29) is 18.4 Å². The van der Waals surface area contributed by atoms with Crippen molar-refractivity contribution in [2.75, 3.05) is 18.5 Å². The summed E-state index contributed by atoms with van der Waals surface area (Å²) in [7, 11) is 0. The molecule has 1 aliphatic rings. The zero-order chi connectivity index (χ0) is 15.6. The number of amides is 1. The van der Waals surface area contributed by atoms with Gasteiger partial charge in [0.1, 0.15) is 5.69 Å². The second kappa shape index (κ2) is 5.85. The lowest BCUT2D eigenvalue weighted by Gasteiger charge is -2.06. The quantitative estimate of drug-likeness (QED) is 0.798. The number of para-hydroxylation sites is 1. The van der Waals surface area contributed by atoms with Crippen molar-refractivity contribution < 1.29 is 14.1 Å². The maximum absolute atomic E-state index is 12.2. The van der Waals surface area contributed by atoms with E-state index in [1.165, 1.54) is 0 Å². The summed E-state index contributed by atoms with van der Waals surface area (Å²) in [6.45, 7) is 1.42. The lowest BCUT2D eigenvalue weighted by atomic mass is 10.1. The van der Waals surface area contributed by atoms with Gasteiger partial charge >= 0.3 is 0 Å². The van der Waals surface area contributed by atoms with E-state index in [1.807, 2.05) is 35.1 Å². The third-order valence-electron chi connectivity index (χ3n) is 3.95. The largest absolute Gasteiger partial charge is 0.379 e. The first kappa shape index (κ1) is 14.0. The van der Waals surface area contributed by atoms with Crippen LogP contribution in [0.2, 0.25) is 0 Å². The lowest BCUT2D eigenvalue weighted by molar-refractivity contribution is -0.115. The van der Waals surface area contributed by atoms with Gasteiger partial charge in [-0.3, -0.25) is 9.48 Å². The van der Waals surface area contributed by atoms with Crippen LogP contribution in [0.25, 0.3) is 11.0 Å². The molecule has 1 N–H and O–H groups in total. The second-order valence-corrected chi connectivity index (χ2v) is 5.58. The number of rotatable bonds is 4. The number of nitrogens with zero attached hydrogens (tertiary/aromatic N) is 3. The van der Waals surface area contributed by atoms with Gasteiger partial charge in [0.2, 0.25) is 5.91 Å². The van der Waals surface area contributed by atoms with Crippen LogP contribution in [-0.2, 0) is 16.0 Å². The topological polar surface area (TPSA) is 82.2 Å². The van der Waals surface area contributed by atoms with Crippen molar-refractivity contribution in [3.05, 3.63) is 42.4 Å². The number of benzene rings is 1. The molecule has 0 bridgehead atoms. The minimum absolute atomic E-state index is 0.147. The molecule has 1 saturated heterocycles. The van der Waals surface area contributed by atoms with Crippen LogP contribution >= 0.6 is 0 Å². The Kier molecular flexibility index (Phi) is 3.55. The molecule has 3 heterocycles. The Labute approximate surface area is 132 Å². The van der Waals surface area contributed by atoms with E-state index >= 15 is 0 Å². The summed E-state index contributed by atoms with van der Waals surface area (Å²) >= 11 is 0. The van der Waals surface area contributed by atoms with Gasteiger partial charge in [0.15, 0.2) is 5.58 Å². The predicted molar refractivity (Wildman–Crippen MR) is 83.0 cm³/mol. The number of fused-ring (bicyclic) bond motifs is 1. The number of carbonyl (C=O) groups excluding carboxylic acids is 1. The Bertz CT molecular complexity index is 833. The van der Waals surface area contributed by atoms with Crippen molar-refractivity contribution in [2.45, 2.75) is 18.9 Å². The van der Waals surface area contributed by atoms with Crippen LogP contribution in [0.1, 0.15) is 18.2 Å². The molecule has 1 aliphatic heterocycles. The minimum Gasteiger partial charge on any atom is -0.379 e. The first-order valence-electron chi connectivity index (χ1n) is 7.54. The van der Waals surface area contributed by atoms with Crippen LogP contribution in [0, 0.1) is 0 Å². The Morgan fingerprint density at radius 3 is 3.17 bits per heavy atom. The Hall–Kier alpha value is -2.67. The molecule has 7 nitrogen and oxygen atoms in total. The molecule has 3 aromatic rings. The van der Waals surface area contributed by atoms with E-state index in [0.29, 0.717) is 23.6 Å². The molecule has 1 fully saturated rings. The number of hydrogen-bond donors (Lipinski definition) is 1. The number of hydrogen-bond acceptors (Lipinski definition) is 5. The van der Waals surface area contributed by atoms with E-state index < -0.39 is 0 Å². The molecule has 2 aromatic heterocycles. The molecule has 1 unspecified atom stereocenters. The predicted octanol–water partition coefficient (Wildman–Crippen LogP) is 2.17. The normalized spacial score (nSPS) is 17.7. The van der Waals surface area contributed by atoms with Gasteiger partial charge in [0.05, 0.1) is 31.0 Å². The number of aromatic nitrogens is 3. The van der Waals surface area contributed by atoms with Gasteiger partial charge in [-0.1, -0.05) is 17.3 Å². The van der Waals surface area contributed by atoms with Crippen molar-refractivity contribution in [3.63, 3.8) is 0 Å². The summed E-state index contributed by atoms with van der Waals surface area (Å²) in [5, 5.41) is 12.0. The van der Waals surface area contributed by atoms with Crippen LogP contribution < -0.4 is 5.32 Å². The summed E-state index contributed by atoms with van der Waals surface area (Å²) in [6, 6.07) is 7.75. The fourth-order valence-corrected chi connectivity index (χ4v) is 2.76. The van der Waals surface area contributed by atoms with Gasteiger partial charge < -0.3 is 14.6 Å². The maximum atomic E-state index is 12.2. The van der Waals surface area contributed by atoms with Gasteiger partial charge in [0.25, 0.3) is 0 Å². The standard InChI is InChI=1S/C16H16N4O3/c21-16(7-14-13-3-1-2-4-15(13)23-19-14)18-11-8-17-20(9-11)12-5-6-22-10-12/h1-4,8-9,12H,5-7,10H2,(H,18,21). The zero-order valence-corrected chi connectivity index (χ0v) is 12.4. The SMILES string of the molecule is O=C(Cc1noc2ccccc12)Nc1cnn(C2CCOC2)c1. The Morgan fingerprint density at radius 1 is 1.39 bits per heavy atom. The number of carbonyl (C=O) groups is 1. The first-order chi connectivity index (χ1) is 11.3. The van der Waals surface area contributed by atoms with Gasteiger partial charge in [0, 0.05) is 18.2 Å². The molecular formula is C16H16N4O3. The van der Waals surface area contributed by atoms with E-state index in [9.17, 15) is 4.79 Å². The number of nitrogens with one attached hydrogen (secondary N) is 1. The average molecular weight is 312 g/mol. The second-order valence-electron chi connectivity index (χ2n) is 5.58. The highest BCUT2D eigenvalue weighted by molar-refractivity contribution is 5.94. The molecule has 1 amide bonds. The smallest absolute Gasteiger partial charge is 0.230 e. The molecule has 4 rings (SSSR count). The number of anilines is 1. The summed E-state index contributed by atoms with van der Waals surface area (Å²) in [5.74, 6) is -0.147. The third-order valence-corrected chi connectivity index (χ3v) is 3.95. The van der Waals surface area contributed by atoms with Gasteiger partial charge in [-0.15, -0.1) is 0 Å². The van der Waals surface area contributed by atoms with Crippen LogP contribution in [0.4, 0.5) is 5.69 Å². The van der Waals surface area contributed by atoms with Gasteiger partial charge in [-0.25, -0.2) is 0 Å². The molecule has 7 heteroatoms. The van der Waals surface area contributed by atoms with E-state index in [0.717, 1.165) is 18.4 Å². The molecule has 23 heavy (non-hydrogen) atoms. The molecule has 0 saturated carbocycles. The molecular weight excluding hydrogens is 296 g/mol. The van der Waals surface area contributed by atoms with Gasteiger partial charge in [-0.05, 0) is 18.6 Å². The van der Waals surface area contributed by atoms with Crippen molar-refractivity contribution in [1.82, 2.24) is 14.9 Å². The molecule has 1 atom stereocenters. The molecule has 1 aromatic carbocycles. The van der Waals surface area contributed by atoms with Crippen LogP contribution in [0.3, 0.4) is 0 Å². The zero-order valence-electron chi connectivity index (χ0n) is 12.4. The van der Waals surface area contributed by atoms with Crippen molar-refractivity contribution in [2.24, 2.45) is 0 Å². The molecule has 0 radical (unpaired) electrons. The summed E-state index contributed by atoms with van der Waals surface area (Å²) < 4.78 is 12.4. The fraction of sp³-hybridized carbons (Fsp3) is 0.312. The third kappa shape index (κ3) is 2.83. The van der Waals surface area contributed by atoms with Crippen LogP contribution in [0.5, 0.6) is 0 Å². The van der Waals surface area contributed by atoms with Crippen molar-refractivity contribution >= 4 is 22.6 Å². The Balaban J connectivity index is 1.43. The molecule has 118 valence electrons. The van der Waals surface area contributed by atoms with E-state index in [4.69, 9.17) is 9.26 Å². The molecule has 0 spiro atoms. The minimum atomic E-state index is -0.147. The summed E-state index contributed by atoms with van der Waals surface area (Å²) in [4.78, 5) is 12.2. The van der Waals surface area contributed by atoms with Crippen LogP contribution in [-0.4, -0.2) is 34.1 Å². The monoisotopic (exact) mass is 312 g/mol. The lowest BCUT2D eigenvalue weighted by Crippen LogP contribution is -2.14. The van der Waals surface area contributed by atoms with Crippen LogP contribution in [0.15, 0.2) is 41.2 Å². The average Bonchev–Trinajstić information content (AvgIpc) is 3.27. The van der Waals surface area contributed by atoms with Gasteiger partial charge in [-0.2, -0.15) is 5.10 Å². The molecule has 0 aliphatic carbocycles. The van der Waals surface area contributed by atoms with Crippen molar-refractivity contribution in [1.29, 1.82) is 0 Å². The summed E-state index contributed by atoms with van der Waals surface area (Å²) in [5.41, 5.74) is 1.99. The fourth-order valence-electron chi connectivity index (χ4n) is 2.76. The number of ether oxygens (including phenoxy) is 1. The van der Waals surface area contributed by atoms with E-state index in [1.54, 1.807) is 6.20 Å². The highest BCUT2D eigenvalue weighted by Gasteiger charge is 2.19. The summed E-state index contributed by atoms with van der Waals surface area (Å²) in [6.07, 6.45) is 4.59. The highest BCUT2D eigenvalue weighted by atomic mass is 16.5.